The third-order valence-corrected chi connectivity index (χ3v) is 4.12. The predicted molar refractivity (Wildman–Crippen MR) is 76.0 cm³/mol. The van der Waals surface area contributed by atoms with E-state index in [1.807, 2.05) is 18.2 Å². The van der Waals surface area contributed by atoms with Gasteiger partial charge in [0.1, 0.15) is 0 Å². The van der Waals surface area contributed by atoms with E-state index in [-0.39, 0.29) is 17.9 Å². The summed E-state index contributed by atoms with van der Waals surface area (Å²) < 4.78 is 0. The van der Waals surface area contributed by atoms with Crippen LogP contribution in [0.25, 0.3) is 0 Å². The number of nitrogens with one attached hydrogen (secondary N) is 2. The van der Waals surface area contributed by atoms with Crippen LogP contribution < -0.4 is 10.6 Å². The van der Waals surface area contributed by atoms with Gasteiger partial charge >= 0.3 is 0 Å². The van der Waals surface area contributed by atoms with Crippen LogP contribution >= 0.6 is 0 Å². The Labute approximate surface area is 114 Å². The van der Waals surface area contributed by atoms with Crippen LogP contribution in [0.1, 0.15) is 43.6 Å². The van der Waals surface area contributed by atoms with Crippen molar-refractivity contribution in [1.82, 2.24) is 10.6 Å². The van der Waals surface area contributed by atoms with Gasteiger partial charge in [-0.2, -0.15) is 0 Å². The van der Waals surface area contributed by atoms with Crippen molar-refractivity contribution >= 4 is 5.91 Å². The molecule has 3 nitrogen and oxygen atoms in total. The first kappa shape index (κ1) is 12.7. The second-order valence-electron chi connectivity index (χ2n) is 5.73. The van der Waals surface area contributed by atoms with Gasteiger partial charge in [0.15, 0.2) is 0 Å². The number of amides is 1. The van der Waals surface area contributed by atoms with Crippen molar-refractivity contribution in [2.45, 2.75) is 50.1 Å². The first-order valence-corrected chi connectivity index (χ1v) is 7.43. The van der Waals surface area contributed by atoms with Gasteiger partial charge in [-0.15, -0.1) is 0 Å². The molecular formula is C16H22N2O. The molecule has 0 bridgehead atoms. The Balaban J connectivity index is 1.79. The van der Waals surface area contributed by atoms with Crippen LogP contribution in [0.4, 0.5) is 0 Å². The van der Waals surface area contributed by atoms with E-state index in [0.29, 0.717) is 6.04 Å². The molecule has 1 saturated carbocycles. The van der Waals surface area contributed by atoms with Gasteiger partial charge in [-0.25, -0.2) is 0 Å². The van der Waals surface area contributed by atoms with Gasteiger partial charge in [0.05, 0.1) is 5.92 Å². The van der Waals surface area contributed by atoms with E-state index in [0.717, 1.165) is 31.4 Å². The van der Waals surface area contributed by atoms with Gasteiger partial charge in [0.25, 0.3) is 0 Å². The minimum absolute atomic E-state index is 0.0397. The molecule has 19 heavy (non-hydrogen) atoms. The first-order chi connectivity index (χ1) is 9.34. The molecule has 1 amide bonds. The second-order valence-corrected chi connectivity index (χ2v) is 5.73. The topological polar surface area (TPSA) is 41.1 Å². The predicted octanol–water partition coefficient (Wildman–Crippen LogP) is 2.19. The van der Waals surface area contributed by atoms with Crippen molar-refractivity contribution in [2.24, 2.45) is 0 Å². The number of rotatable bonds is 4. The van der Waals surface area contributed by atoms with Crippen LogP contribution in [0.3, 0.4) is 0 Å². The molecule has 1 aromatic rings. The maximum absolute atomic E-state index is 12.5. The molecule has 1 aromatic carbocycles. The van der Waals surface area contributed by atoms with Gasteiger partial charge < -0.3 is 10.6 Å². The molecule has 2 atom stereocenters. The third kappa shape index (κ3) is 3.16. The van der Waals surface area contributed by atoms with Crippen LogP contribution in [-0.2, 0) is 4.79 Å². The molecule has 0 unspecified atom stereocenters. The monoisotopic (exact) mass is 258 g/mol. The van der Waals surface area contributed by atoms with Gasteiger partial charge in [-0.1, -0.05) is 36.8 Å². The molecule has 3 heteroatoms. The molecule has 1 aliphatic heterocycles. The fourth-order valence-corrected chi connectivity index (χ4v) is 2.91. The highest BCUT2D eigenvalue weighted by molar-refractivity contribution is 5.85. The summed E-state index contributed by atoms with van der Waals surface area (Å²) in [6, 6.07) is 10.9. The SMILES string of the molecule is O=C(NC1CC1)[C@H](c1ccccc1)[C@@H]1CCCCN1. The minimum atomic E-state index is -0.0397. The Morgan fingerprint density at radius 3 is 2.58 bits per heavy atom. The van der Waals surface area contributed by atoms with E-state index >= 15 is 0 Å². The number of carbonyl (C=O) groups is 1. The Hall–Kier alpha value is -1.35. The normalized spacial score (nSPS) is 24.7. The standard InChI is InChI=1S/C16H22N2O/c19-16(18-13-9-10-13)15(12-6-2-1-3-7-12)14-8-4-5-11-17-14/h1-3,6-7,13-15,17H,4-5,8-11H2,(H,18,19)/t14-,15+/m0/s1. The number of hydrogen-bond acceptors (Lipinski definition) is 2. The van der Waals surface area contributed by atoms with E-state index in [2.05, 4.69) is 22.8 Å². The molecule has 1 aliphatic carbocycles. The lowest BCUT2D eigenvalue weighted by Gasteiger charge is -2.31. The molecule has 0 aromatic heterocycles. The van der Waals surface area contributed by atoms with Crippen molar-refractivity contribution in [2.75, 3.05) is 6.54 Å². The van der Waals surface area contributed by atoms with E-state index in [1.165, 1.54) is 12.8 Å². The molecule has 0 spiro atoms. The zero-order valence-corrected chi connectivity index (χ0v) is 11.3. The first-order valence-electron chi connectivity index (χ1n) is 7.43. The quantitative estimate of drug-likeness (QED) is 0.869. The summed E-state index contributed by atoms with van der Waals surface area (Å²) in [6.45, 7) is 1.03. The summed E-state index contributed by atoms with van der Waals surface area (Å²) in [5.74, 6) is 0.162. The van der Waals surface area contributed by atoms with E-state index in [9.17, 15) is 4.79 Å². The smallest absolute Gasteiger partial charge is 0.229 e. The molecule has 1 saturated heterocycles. The van der Waals surface area contributed by atoms with Crippen LogP contribution in [0.15, 0.2) is 30.3 Å². The average molecular weight is 258 g/mol. The van der Waals surface area contributed by atoms with Crippen molar-refractivity contribution in [3.63, 3.8) is 0 Å². The fourth-order valence-electron chi connectivity index (χ4n) is 2.91. The van der Waals surface area contributed by atoms with Crippen LogP contribution in [0.2, 0.25) is 0 Å². The van der Waals surface area contributed by atoms with Gasteiger partial charge in [-0.3, -0.25) is 4.79 Å². The van der Waals surface area contributed by atoms with Gasteiger partial charge in [0, 0.05) is 12.1 Å². The third-order valence-electron chi connectivity index (χ3n) is 4.12. The summed E-state index contributed by atoms with van der Waals surface area (Å²) in [7, 11) is 0. The summed E-state index contributed by atoms with van der Waals surface area (Å²) in [5.41, 5.74) is 1.14. The zero-order valence-electron chi connectivity index (χ0n) is 11.3. The highest BCUT2D eigenvalue weighted by Crippen LogP contribution is 2.27. The summed E-state index contributed by atoms with van der Waals surface area (Å²) in [6.07, 6.45) is 5.83. The molecular weight excluding hydrogens is 236 g/mol. The maximum atomic E-state index is 12.5. The Bertz CT molecular complexity index is 422. The van der Waals surface area contributed by atoms with E-state index in [4.69, 9.17) is 0 Å². The van der Waals surface area contributed by atoms with E-state index in [1.54, 1.807) is 0 Å². The Kier molecular flexibility index (Phi) is 3.83. The van der Waals surface area contributed by atoms with Gasteiger partial charge in [0.2, 0.25) is 5.91 Å². The Morgan fingerprint density at radius 1 is 1.16 bits per heavy atom. The lowest BCUT2D eigenvalue weighted by atomic mass is 9.86. The van der Waals surface area contributed by atoms with Crippen molar-refractivity contribution in [1.29, 1.82) is 0 Å². The number of hydrogen-bond donors (Lipinski definition) is 2. The maximum Gasteiger partial charge on any atom is 0.229 e. The highest BCUT2D eigenvalue weighted by atomic mass is 16.2. The van der Waals surface area contributed by atoms with E-state index < -0.39 is 0 Å². The van der Waals surface area contributed by atoms with Crippen LogP contribution in [0.5, 0.6) is 0 Å². The lowest BCUT2D eigenvalue weighted by molar-refractivity contribution is -0.123. The molecule has 0 radical (unpaired) electrons. The molecule has 2 aliphatic rings. The van der Waals surface area contributed by atoms with Gasteiger partial charge in [-0.05, 0) is 37.8 Å². The van der Waals surface area contributed by atoms with Crippen molar-refractivity contribution in [3.05, 3.63) is 35.9 Å². The Morgan fingerprint density at radius 2 is 1.95 bits per heavy atom. The molecule has 2 fully saturated rings. The summed E-state index contributed by atoms with van der Waals surface area (Å²) in [5, 5.41) is 6.70. The number of carbonyl (C=O) groups excluding carboxylic acids is 1. The highest BCUT2D eigenvalue weighted by Gasteiger charge is 2.33. The lowest BCUT2D eigenvalue weighted by Crippen LogP contribution is -2.45. The summed E-state index contributed by atoms with van der Waals surface area (Å²) >= 11 is 0. The second kappa shape index (κ2) is 5.74. The number of piperidine rings is 1. The number of benzene rings is 1. The molecule has 102 valence electrons. The fraction of sp³-hybridized carbons (Fsp3) is 0.562. The molecule has 1 heterocycles. The van der Waals surface area contributed by atoms with Crippen LogP contribution in [0, 0.1) is 0 Å². The zero-order chi connectivity index (χ0) is 13.1. The largest absolute Gasteiger partial charge is 0.353 e. The van der Waals surface area contributed by atoms with Crippen LogP contribution in [-0.4, -0.2) is 24.5 Å². The molecule has 2 N–H and O–H groups in total. The minimum Gasteiger partial charge on any atom is -0.353 e. The average Bonchev–Trinajstić information content (AvgIpc) is 3.25. The van der Waals surface area contributed by atoms with Crippen molar-refractivity contribution in [3.8, 4) is 0 Å². The molecule has 3 rings (SSSR count). The summed E-state index contributed by atoms with van der Waals surface area (Å²) in [4.78, 5) is 12.5. The van der Waals surface area contributed by atoms with Crippen molar-refractivity contribution < 1.29 is 4.79 Å².